The van der Waals surface area contributed by atoms with Crippen LogP contribution in [0.1, 0.15) is 23.1 Å². The molecule has 0 fully saturated rings. The first-order valence-electron chi connectivity index (χ1n) is 6.82. The van der Waals surface area contributed by atoms with Gasteiger partial charge in [0, 0.05) is 11.9 Å². The molecule has 0 aliphatic rings. The van der Waals surface area contributed by atoms with Crippen LogP contribution in [0.5, 0.6) is 0 Å². The summed E-state index contributed by atoms with van der Waals surface area (Å²) in [6.45, 7) is 1.93. The number of pyridine rings is 1. The van der Waals surface area contributed by atoms with Crippen LogP contribution in [-0.4, -0.2) is 15.3 Å². The molecule has 0 radical (unpaired) electrons. The van der Waals surface area contributed by atoms with Gasteiger partial charge < -0.3 is 5.32 Å². The van der Waals surface area contributed by atoms with Crippen LogP contribution in [0.4, 0.5) is 10.1 Å². The number of anilines is 1. The summed E-state index contributed by atoms with van der Waals surface area (Å²) in [5.74, 6) is -0.660. The summed E-state index contributed by atoms with van der Waals surface area (Å²) < 4.78 is 14.6. The number of carbonyl (C=O) groups is 1. The van der Waals surface area contributed by atoms with Gasteiger partial charge in [-0.05, 0) is 42.8 Å². The third-order valence-corrected chi connectivity index (χ3v) is 3.53. The summed E-state index contributed by atoms with van der Waals surface area (Å²) in [6, 6.07) is 9.09. The van der Waals surface area contributed by atoms with Gasteiger partial charge in [-0.25, -0.2) is 9.37 Å². The molecule has 0 bridgehead atoms. The molecule has 1 amide bonds. The average Bonchev–Trinajstić information content (AvgIpc) is 2.87. The largest absolute Gasteiger partial charge is 0.321 e. The molecule has 0 atom stereocenters. The van der Waals surface area contributed by atoms with Gasteiger partial charge in [-0.3, -0.25) is 9.20 Å². The maximum atomic E-state index is 12.9. The summed E-state index contributed by atoms with van der Waals surface area (Å²) in [5.41, 5.74) is 2.29. The van der Waals surface area contributed by atoms with E-state index in [1.807, 2.05) is 6.92 Å². The molecule has 3 rings (SSSR count). The highest BCUT2D eigenvalue weighted by Gasteiger charge is 2.18. The van der Waals surface area contributed by atoms with Crippen molar-refractivity contribution in [2.45, 2.75) is 13.3 Å². The van der Waals surface area contributed by atoms with Gasteiger partial charge in [0.2, 0.25) is 0 Å². The minimum absolute atomic E-state index is 0.307. The zero-order valence-electron chi connectivity index (χ0n) is 11.8. The molecular formula is C16H13ClFN3O. The number of nitrogens with one attached hydrogen (secondary N) is 1. The second kappa shape index (κ2) is 5.77. The van der Waals surface area contributed by atoms with E-state index in [0.717, 1.165) is 0 Å². The van der Waals surface area contributed by atoms with Gasteiger partial charge in [-0.1, -0.05) is 18.5 Å². The van der Waals surface area contributed by atoms with E-state index in [9.17, 15) is 9.18 Å². The molecule has 22 heavy (non-hydrogen) atoms. The monoisotopic (exact) mass is 317 g/mol. The number of hydrogen-bond donors (Lipinski definition) is 1. The molecule has 0 saturated heterocycles. The first-order valence-corrected chi connectivity index (χ1v) is 7.19. The first kappa shape index (κ1) is 14.5. The highest BCUT2D eigenvalue weighted by molar-refractivity contribution is 6.30. The van der Waals surface area contributed by atoms with Crippen molar-refractivity contribution in [1.82, 2.24) is 9.38 Å². The predicted octanol–water partition coefficient (Wildman–Crippen LogP) is 3.94. The summed E-state index contributed by atoms with van der Waals surface area (Å²) in [7, 11) is 0. The number of nitrogens with zero attached hydrogens (tertiary/aromatic N) is 2. The Morgan fingerprint density at radius 2 is 2.00 bits per heavy atom. The molecule has 2 aromatic heterocycles. The van der Waals surface area contributed by atoms with Crippen molar-refractivity contribution in [3.8, 4) is 0 Å². The van der Waals surface area contributed by atoms with Crippen LogP contribution in [0.2, 0.25) is 5.02 Å². The minimum Gasteiger partial charge on any atom is -0.321 e. The summed E-state index contributed by atoms with van der Waals surface area (Å²) in [6.07, 6.45) is 2.27. The number of fused-ring (bicyclic) bond motifs is 1. The number of benzene rings is 1. The van der Waals surface area contributed by atoms with E-state index in [2.05, 4.69) is 10.3 Å². The number of amides is 1. The Morgan fingerprint density at radius 1 is 1.27 bits per heavy atom. The van der Waals surface area contributed by atoms with Gasteiger partial charge in [-0.15, -0.1) is 0 Å². The zero-order chi connectivity index (χ0) is 15.7. The lowest BCUT2D eigenvalue weighted by atomic mass is 10.2. The molecule has 2 heterocycles. The quantitative estimate of drug-likeness (QED) is 0.795. The molecule has 4 nitrogen and oxygen atoms in total. The summed E-state index contributed by atoms with van der Waals surface area (Å²) in [4.78, 5) is 17.0. The van der Waals surface area contributed by atoms with E-state index in [1.165, 1.54) is 24.3 Å². The van der Waals surface area contributed by atoms with Crippen LogP contribution in [0, 0.1) is 5.82 Å². The fraction of sp³-hybridized carbons (Fsp3) is 0.125. The topological polar surface area (TPSA) is 46.4 Å². The second-order valence-electron chi connectivity index (χ2n) is 4.80. The van der Waals surface area contributed by atoms with Crippen LogP contribution >= 0.6 is 11.6 Å². The Bertz CT molecular complexity index is 842. The van der Waals surface area contributed by atoms with Gasteiger partial charge in [-0.2, -0.15) is 0 Å². The molecule has 0 aliphatic carbocycles. The maximum absolute atomic E-state index is 12.9. The zero-order valence-corrected chi connectivity index (χ0v) is 12.6. The SMILES string of the molecule is CCc1nc2ccc(Cl)cn2c1C(=O)Nc1ccc(F)cc1. The van der Waals surface area contributed by atoms with Crippen molar-refractivity contribution in [1.29, 1.82) is 0 Å². The number of aromatic nitrogens is 2. The van der Waals surface area contributed by atoms with Crippen LogP contribution < -0.4 is 5.32 Å². The fourth-order valence-corrected chi connectivity index (χ4v) is 2.44. The Labute approximate surface area is 131 Å². The Kier molecular flexibility index (Phi) is 3.81. The van der Waals surface area contributed by atoms with Crippen molar-refractivity contribution >= 4 is 28.8 Å². The van der Waals surface area contributed by atoms with Crippen molar-refractivity contribution in [3.05, 3.63) is 64.8 Å². The lowest BCUT2D eigenvalue weighted by Gasteiger charge is -2.07. The summed E-state index contributed by atoms with van der Waals surface area (Å²) in [5, 5.41) is 3.27. The van der Waals surface area contributed by atoms with Crippen LogP contribution in [-0.2, 0) is 6.42 Å². The number of halogens is 2. The first-order chi connectivity index (χ1) is 10.6. The third-order valence-electron chi connectivity index (χ3n) is 3.31. The van der Waals surface area contributed by atoms with Gasteiger partial charge in [0.1, 0.15) is 17.2 Å². The Hall–Kier alpha value is -2.40. The van der Waals surface area contributed by atoms with E-state index in [4.69, 9.17) is 11.6 Å². The number of carbonyl (C=O) groups excluding carboxylic acids is 1. The third kappa shape index (κ3) is 2.67. The van der Waals surface area contributed by atoms with E-state index in [-0.39, 0.29) is 11.7 Å². The second-order valence-corrected chi connectivity index (χ2v) is 5.23. The van der Waals surface area contributed by atoms with Gasteiger partial charge in [0.05, 0.1) is 10.7 Å². The number of hydrogen-bond acceptors (Lipinski definition) is 2. The maximum Gasteiger partial charge on any atom is 0.274 e. The van der Waals surface area contributed by atoms with Crippen molar-refractivity contribution < 1.29 is 9.18 Å². The van der Waals surface area contributed by atoms with Gasteiger partial charge in [0.15, 0.2) is 0 Å². The number of rotatable bonds is 3. The standard InChI is InChI=1S/C16H13ClFN3O/c1-2-13-15(21-9-10(17)3-8-14(21)20-13)16(22)19-12-6-4-11(18)5-7-12/h3-9H,2H2,1H3,(H,19,22). The van der Waals surface area contributed by atoms with Crippen LogP contribution in [0.25, 0.3) is 5.65 Å². The van der Waals surface area contributed by atoms with Crippen molar-refractivity contribution in [3.63, 3.8) is 0 Å². The molecule has 3 aromatic rings. The summed E-state index contributed by atoms with van der Waals surface area (Å²) >= 11 is 6.00. The Balaban J connectivity index is 2.02. The van der Waals surface area contributed by atoms with Crippen LogP contribution in [0.3, 0.4) is 0 Å². The lowest BCUT2D eigenvalue weighted by molar-refractivity contribution is 0.102. The molecule has 6 heteroatoms. The molecule has 0 aliphatic heterocycles. The number of aryl methyl sites for hydroxylation is 1. The minimum atomic E-state index is -0.353. The lowest BCUT2D eigenvalue weighted by Crippen LogP contribution is -2.16. The fourth-order valence-electron chi connectivity index (χ4n) is 2.28. The highest BCUT2D eigenvalue weighted by atomic mass is 35.5. The Morgan fingerprint density at radius 3 is 2.68 bits per heavy atom. The van der Waals surface area contributed by atoms with E-state index in [1.54, 1.807) is 22.7 Å². The van der Waals surface area contributed by atoms with Crippen LogP contribution in [0.15, 0.2) is 42.6 Å². The van der Waals surface area contributed by atoms with Gasteiger partial charge in [0.25, 0.3) is 5.91 Å². The van der Waals surface area contributed by atoms with Crippen molar-refractivity contribution in [2.24, 2.45) is 0 Å². The van der Waals surface area contributed by atoms with E-state index >= 15 is 0 Å². The predicted molar refractivity (Wildman–Crippen MR) is 83.9 cm³/mol. The smallest absolute Gasteiger partial charge is 0.274 e. The molecule has 0 saturated carbocycles. The molecule has 112 valence electrons. The molecule has 0 spiro atoms. The average molecular weight is 318 g/mol. The highest BCUT2D eigenvalue weighted by Crippen LogP contribution is 2.19. The van der Waals surface area contributed by atoms with E-state index < -0.39 is 0 Å². The molecule has 1 N–H and O–H groups in total. The normalized spacial score (nSPS) is 10.9. The number of imidazole rings is 1. The van der Waals surface area contributed by atoms with Crippen molar-refractivity contribution in [2.75, 3.05) is 5.32 Å². The molecule has 0 unspecified atom stereocenters. The van der Waals surface area contributed by atoms with Gasteiger partial charge >= 0.3 is 0 Å². The van der Waals surface area contributed by atoms with E-state index in [0.29, 0.717) is 34.2 Å². The molecular weight excluding hydrogens is 305 g/mol. The molecule has 1 aromatic carbocycles.